The van der Waals surface area contributed by atoms with Crippen LogP contribution in [0.15, 0.2) is 156 Å². The fourth-order valence-electron chi connectivity index (χ4n) is 6.77. The predicted molar refractivity (Wildman–Crippen MR) is 243 cm³/mol. The molecule has 0 unspecified atom stereocenters. The van der Waals surface area contributed by atoms with Crippen molar-refractivity contribution in [2.24, 2.45) is 0 Å². The third-order valence-electron chi connectivity index (χ3n) is 10.2. The molecule has 0 bridgehead atoms. The largest absolute Gasteiger partial charge is 0.240 e. The monoisotopic (exact) mass is 790 g/mol. The summed E-state index contributed by atoms with van der Waals surface area (Å²) in [4.78, 5) is 10.1. The molecule has 4 nitrogen and oxygen atoms in total. The first-order valence-corrected chi connectivity index (χ1v) is 21.4. The highest BCUT2D eigenvalue weighted by Gasteiger charge is 2.20. The van der Waals surface area contributed by atoms with Gasteiger partial charge in [0.2, 0.25) is 0 Å². The normalized spacial score (nSPS) is 11.5. The second kappa shape index (κ2) is 17.3. The second-order valence-electron chi connectivity index (χ2n) is 16.5. The molecule has 0 atom stereocenters. The van der Waals surface area contributed by atoms with Crippen molar-refractivity contribution in [2.75, 3.05) is 0 Å². The highest BCUT2D eigenvalue weighted by atomic mass is 32.2. The van der Waals surface area contributed by atoms with Crippen molar-refractivity contribution in [3.05, 3.63) is 179 Å². The molecule has 0 saturated carbocycles. The highest BCUT2D eigenvalue weighted by molar-refractivity contribution is 7.98. The number of hydrogen-bond donors (Lipinski definition) is 0. The zero-order valence-corrected chi connectivity index (χ0v) is 35.5. The lowest BCUT2D eigenvalue weighted by molar-refractivity contribution is 0.590. The molecule has 0 aliphatic rings. The molecule has 2 heterocycles. The van der Waals surface area contributed by atoms with Gasteiger partial charge < -0.3 is 0 Å². The summed E-state index contributed by atoms with van der Waals surface area (Å²) in [6.07, 6.45) is 0. The number of benzene rings is 5. The standard InChI is InChI=1S/C52H46N4S2/c1-51(2,3)41-25-21-37(22-26-41)43-29-47(39-13-9-7-10-14-39)55-49(45(43)31-53)57-33-35-17-19-36(20-18-35)34-58-50-46(32-54)44(30-48(56-50)40-15-11-8-12-16-40)38-23-27-42(28-24-38)52(4,5)6/h7-30H,33-34H2,1-6H3. The summed E-state index contributed by atoms with van der Waals surface area (Å²) >= 11 is 3.17. The van der Waals surface area contributed by atoms with Gasteiger partial charge in [-0.05, 0) is 56.3 Å². The Labute approximate surface area is 352 Å². The number of aromatic nitrogens is 2. The van der Waals surface area contributed by atoms with E-state index in [1.54, 1.807) is 23.5 Å². The van der Waals surface area contributed by atoms with Crippen molar-refractivity contribution in [2.45, 2.75) is 73.9 Å². The number of rotatable bonds is 10. The van der Waals surface area contributed by atoms with Crippen LogP contribution in [0.5, 0.6) is 0 Å². The van der Waals surface area contributed by atoms with Crippen LogP contribution >= 0.6 is 23.5 Å². The van der Waals surface area contributed by atoms with Crippen molar-refractivity contribution < 1.29 is 0 Å². The Bertz CT molecular complexity index is 2420. The lowest BCUT2D eigenvalue weighted by atomic mass is 9.86. The molecule has 6 heteroatoms. The number of pyridine rings is 2. The van der Waals surface area contributed by atoms with E-state index in [2.05, 4.69) is 151 Å². The maximum Gasteiger partial charge on any atom is 0.115 e. The first-order valence-electron chi connectivity index (χ1n) is 19.5. The van der Waals surface area contributed by atoms with Crippen LogP contribution in [-0.4, -0.2) is 9.97 Å². The van der Waals surface area contributed by atoms with Gasteiger partial charge in [0, 0.05) is 33.8 Å². The Morgan fingerprint density at radius 2 is 0.793 bits per heavy atom. The molecule has 0 aliphatic heterocycles. The van der Waals surface area contributed by atoms with Gasteiger partial charge in [-0.25, -0.2) is 9.97 Å². The van der Waals surface area contributed by atoms with Gasteiger partial charge in [0.15, 0.2) is 0 Å². The minimum Gasteiger partial charge on any atom is -0.240 e. The fraction of sp³-hybridized carbons (Fsp3) is 0.192. The van der Waals surface area contributed by atoms with Crippen LogP contribution in [0.1, 0.15) is 74.9 Å². The fourth-order valence-corrected chi connectivity index (χ4v) is 8.69. The molecule has 58 heavy (non-hydrogen) atoms. The van der Waals surface area contributed by atoms with Gasteiger partial charge in [-0.1, -0.05) is 175 Å². The van der Waals surface area contributed by atoms with E-state index in [-0.39, 0.29) is 10.8 Å². The van der Waals surface area contributed by atoms with Gasteiger partial charge in [0.05, 0.1) is 22.5 Å². The molecule has 0 amide bonds. The number of hydrogen-bond acceptors (Lipinski definition) is 6. The summed E-state index contributed by atoms with van der Waals surface area (Å²) in [7, 11) is 0. The maximum atomic E-state index is 10.5. The molecule has 2 aromatic heterocycles. The molecular formula is C52H46N4S2. The summed E-state index contributed by atoms with van der Waals surface area (Å²) < 4.78 is 0. The van der Waals surface area contributed by atoms with Crippen LogP contribution in [0, 0.1) is 22.7 Å². The summed E-state index contributed by atoms with van der Waals surface area (Å²) in [5.41, 5.74) is 13.5. The lowest BCUT2D eigenvalue weighted by Gasteiger charge is -2.19. The van der Waals surface area contributed by atoms with Gasteiger partial charge in [0.25, 0.3) is 0 Å². The quantitative estimate of drug-likeness (QED) is 0.128. The van der Waals surface area contributed by atoms with E-state index in [1.165, 1.54) is 11.1 Å². The number of nitriles is 2. The van der Waals surface area contributed by atoms with E-state index in [4.69, 9.17) is 9.97 Å². The number of nitrogens with zero attached hydrogens (tertiary/aromatic N) is 4. The SMILES string of the molecule is CC(C)(C)c1ccc(-c2cc(-c3ccccc3)nc(SCc3ccc(CSc4nc(-c5ccccc5)cc(-c5ccc(C(C)(C)C)cc5)c4C#N)cc3)c2C#N)cc1. The topological polar surface area (TPSA) is 73.4 Å². The lowest BCUT2D eigenvalue weighted by Crippen LogP contribution is -2.10. The Hall–Kier alpha value is -5.92. The van der Waals surface area contributed by atoms with Crippen LogP contribution in [0.4, 0.5) is 0 Å². The molecule has 5 aromatic carbocycles. The average Bonchev–Trinajstić information content (AvgIpc) is 3.24. The van der Waals surface area contributed by atoms with Crippen molar-refractivity contribution >= 4 is 23.5 Å². The van der Waals surface area contributed by atoms with E-state index in [0.29, 0.717) is 22.6 Å². The van der Waals surface area contributed by atoms with E-state index in [9.17, 15) is 10.5 Å². The first-order chi connectivity index (χ1) is 27.9. The van der Waals surface area contributed by atoms with Crippen molar-refractivity contribution in [1.29, 1.82) is 10.5 Å². The van der Waals surface area contributed by atoms with Crippen LogP contribution in [-0.2, 0) is 22.3 Å². The van der Waals surface area contributed by atoms with Crippen LogP contribution in [0.25, 0.3) is 44.8 Å². The van der Waals surface area contributed by atoms with Crippen molar-refractivity contribution in [3.63, 3.8) is 0 Å². The zero-order valence-electron chi connectivity index (χ0n) is 33.9. The van der Waals surface area contributed by atoms with E-state index in [0.717, 1.165) is 65.9 Å². The van der Waals surface area contributed by atoms with Crippen LogP contribution < -0.4 is 0 Å². The average molecular weight is 791 g/mol. The molecule has 0 saturated heterocycles. The third-order valence-corrected chi connectivity index (χ3v) is 12.3. The number of thioether (sulfide) groups is 2. The van der Waals surface area contributed by atoms with E-state index < -0.39 is 0 Å². The second-order valence-corrected chi connectivity index (χ2v) is 18.4. The molecule has 0 spiro atoms. The summed E-state index contributed by atoms with van der Waals surface area (Å²) in [6, 6.07) is 55.1. The zero-order chi connectivity index (χ0) is 40.9. The molecule has 0 N–H and O–H groups in total. The molecule has 7 rings (SSSR count). The van der Waals surface area contributed by atoms with Crippen molar-refractivity contribution in [3.8, 4) is 56.9 Å². The Morgan fingerprint density at radius 1 is 0.448 bits per heavy atom. The Kier molecular flexibility index (Phi) is 12.0. The highest BCUT2D eigenvalue weighted by Crippen LogP contribution is 2.38. The van der Waals surface area contributed by atoms with Crippen LogP contribution in [0.3, 0.4) is 0 Å². The van der Waals surface area contributed by atoms with Crippen molar-refractivity contribution in [1.82, 2.24) is 9.97 Å². The third kappa shape index (κ3) is 9.27. The molecule has 0 aliphatic carbocycles. The minimum absolute atomic E-state index is 0.0338. The van der Waals surface area contributed by atoms with Gasteiger partial charge in [0.1, 0.15) is 22.2 Å². The van der Waals surface area contributed by atoms with E-state index >= 15 is 0 Å². The Morgan fingerprint density at radius 3 is 1.10 bits per heavy atom. The molecule has 286 valence electrons. The first kappa shape index (κ1) is 40.3. The summed E-state index contributed by atoms with van der Waals surface area (Å²) in [6.45, 7) is 13.2. The minimum atomic E-state index is 0.0338. The molecule has 7 aromatic rings. The van der Waals surface area contributed by atoms with E-state index in [1.807, 2.05) is 48.5 Å². The smallest absolute Gasteiger partial charge is 0.115 e. The maximum absolute atomic E-state index is 10.5. The van der Waals surface area contributed by atoms with Gasteiger partial charge in [-0.3, -0.25) is 0 Å². The van der Waals surface area contributed by atoms with Gasteiger partial charge in [-0.2, -0.15) is 10.5 Å². The molecule has 0 fully saturated rings. The Balaban J connectivity index is 1.13. The summed E-state index contributed by atoms with van der Waals surface area (Å²) in [5, 5.41) is 22.4. The van der Waals surface area contributed by atoms with Gasteiger partial charge >= 0.3 is 0 Å². The van der Waals surface area contributed by atoms with Crippen LogP contribution in [0.2, 0.25) is 0 Å². The predicted octanol–water partition coefficient (Wildman–Crippen LogP) is 14.1. The van der Waals surface area contributed by atoms with Gasteiger partial charge in [-0.15, -0.1) is 23.5 Å². The molecular weight excluding hydrogens is 745 g/mol. The molecule has 0 radical (unpaired) electrons. The summed E-state index contributed by atoms with van der Waals surface area (Å²) in [5.74, 6) is 1.32.